The number of nitrogens with zero attached hydrogens (tertiary/aromatic N) is 1. The highest BCUT2D eigenvalue weighted by atomic mass is 32.1. The number of carbonyl (C=O) groups excluding carboxylic acids is 3. The fourth-order valence-corrected chi connectivity index (χ4v) is 4.33. The van der Waals surface area contributed by atoms with Crippen LogP contribution in [0.25, 0.3) is 0 Å². The minimum absolute atomic E-state index is 0.0563. The molecule has 1 fully saturated rings. The summed E-state index contributed by atoms with van der Waals surface area (Å²) in [5.41, 5.74) is 0.526. The third-order valence-corrected chi connectivity index (χ3v) is 5.84. The van der Waals surface area contributed by atoms with Crippen molar-refractivity contribution in [1.29, 1.82) is 0 Å². The van der Waals surface area contributed by atoms with Crippen molar-refractivity contribution in [2.24, 2.45) is 5.92 Å². The van der Waals surface area contributed by atoms with Crippen LogP contribution < -0.4 is 5.32 Å². The molecule has 1 aliphatic rings. The lowest BCUT2D eigenvalue weighted by Gasteiger charge is -2.33. The summed E-state index contributed by atoms with van der Waals surface area (Å²) >= 11 is 0.963. The Morgan fingerprint density at radius 1 is 1.32 bits per heavy atom. The third-order valence-electron chi connectivity index (χ3n) is 4.53. The van der Waals surface area contributed by atoms with E-state index in [0.717, 1.165) is 11.3 Å². The van der Waals surface area contributed by atoms with Crippen molar-refractivity contribution >= 4 is 34.0 Å². The molecule has 2 rings (SSSR count). The van der Waals surface area contributed by atoms with E-state index in [9.17, 15) is 27.6 Å². The van der Waals surface area contributed by atoms with Crippen LogP contribution in [0.3, 0.4) is 0 Å². The molecule has 10 heteroatoms. The molecule has 0 saturated carbocycles. The van der Waals surface area contributed by atoms with Gasteiger partial charge in [0, 0.05) is 6.54 Å². The minimum Gasteiger partial charge on any atom is -0.462 e. The highest BCUT2D eigenvalue weighted by molar-refractivity contribution is 7.18. The van der Waals surface area contributed by atoms with Crippen molar-refractivity contribution in [3.05, 3.63) is 16.0 Å². The van der Waals surface area contributed by atoms with Crippen molar-refractivity contribution in [2.75, 3.05) is 31.6 Å². The fourth-order valence-electron chi connectivity index (χ4n) is 3.22. The SMILES string of the molecule is CCOC(=O)c1c(NC(=O)CN2CCCC(C(F)(F)F)C2)sc(C(C)=O)c1C. The predicted molar refractivity (Wildman–Crippen MR) is 98.9 cm³/mol. The van der Waals surface area contributed by atoms with Crippen LogP contribution >= 0.6 is 11.3 Å². The number of halogens is 3. The zero-order valence-corrected chi connectivity index (χ0v) is 16.8. The number of nitrogens with one attached hydrogen (secondary N) is 1. The Morgan fingerprint density at radius 3 is 2.57 bits per heavy atom. The smallest absolute Gasteiger partial charge is 0.393 e. The third kappa shape index (κ3) is 5.32. The van der Waals surface area contributed by atoms with Gasteiger partial charge >= 0.3 is 12.1 Å². The molecule has 0 aliphatic carbocycles. The van der Waals surface area contributed by atoms with Gasteiger partial charge in [-0.25, -0.2) is 4.79 Å². The molecule has 1 aromatic heterocycles. The summed E-state index contributed by atoms with van der Waals surface area (Å²) in [5.74, 6) is -2.89. The van der Waals surface area contributed by atoms with Crippen molar-refractivity contribution < 1.29 is 32.3 Å². The Kier molecular flexibility index (Phi) is 7.22. The van der Waals surface area contributed by atoms with Crippen LogP contribution in [0.5, 0.6) is 0 Å². The molecule has 0 aromatic carbocycles. The first-order valence-electron chi connectivity index (χ1n) is 8.94. The number of esters is 1. The summed E-state index contributed by atoms with van der Waals surface area (Å²) in [6.07, 6.45) is -3.87. The van der Waals surface area contributed by atoms with Crippen LogP contribution in [0.4, 0.5) is 18.2 Å². The van der Waals surface area contributed by atoms with Crippen LogP contribution in [-0.4, -0.2) is 55.0 Å². The number of hydrogen-bond donors (Lipinski definition) is 1. The van der Waals surface area contributed by atoms with E-state index >= 15 is 0 Å². The molecule has 1 aromatic rings. The summed E-state index contributed by atoms with van der Waals surface area (Å²) < 4.78 is 43.8. The van der Waals surface area contributed by atoms with Gasteiger partial charge in [-0.05, 0) is 45.7 Å². The van der Waals surface area contributed by atoms with Crippen molar-refractivity contribution in [2.45, 2.75) is 39.8 Å². The highest BCUT2D eigenvalue weighted by Gasteiger charge is 2.42. The molecule has 6 nitrogen and oxygen atoms in total. The van der Waals surface area contributed by atoms with E-state index in [0.29, 0.717) is 23.4 Å². The number of rotatable bonds is 6. The van der Waals surface area contributed by atoms with E-state index in [2.05, 4.69) is 5.32 Å². The Bertz CT molecular complexity index is 761. The second kappa shape index (κ2) is 9.04. The molecule has 0 bridgehead atoms. The number of Topliss-reactive ketones (excluding diaryl/α,β-unsaturated/α-hetero) is 1. The molecule has 1 unspecified atom stereocenters. The van der Waals surface area contributed by atoms with Crippen LogP contribution in [0, 0.1) is 12.8 Å². The zero-order valence-electron chi connectivity index (χ0n) is 15.9. The molecule has 1 amide bonds. The van der Waals surface area contributed by atoms with E-state index < -0.39 is 24.0 Å². The molecule has 1 aliphatic heterocycles. The summed E-state index contributed by atoms with van der Waals surface area (Å²) in [6.45, 7) is 4.65. The van der Waals surface area contributed by atoms with Gasteiger partial charge < -0.3 is 10.1 Å². The van der Waals surface area contributed by atoms with Crippen molar-refractivity contribution in [3.8, 4) is 0 Å². The molecule has 0 spiro atoms. The summed E-state index contributed by atoms with van der Waals surface area (Å²) in [4.78, 5) is 38.2. The molecule has 1 N–H and O–H groups in total. The number of thiophene rings is 1. The lowest BCUT2D eigenvalue weighted by atomic mass is 9.97. The van der Waals surface area contributed by atoms with E-state index in [1.165, 1.54) is 11.8 Å². The number of hydrogen-bond acceptors (Lipinski definition) is 6. The van der Waals surface area contributed by atoms with E-state index in [4.69, 9.17) is 4.74 Å². The Hall–Kier alpha value is -1.94. The maximum atomic E-state index is 12.9. The van der Waals surface area contributed by atoms with E-state index in [1.807, 2.05) is 0 Å². The molecular formula is C18H23F3N2O4S. The largest absolute Gasteiger partial charge is 0.462 e. The molecule has 156 valence electrons. The molecular weight excluding hydrogens is 397 g/mol. The monoisotopic (exact) mass is 420 g/mol. The van der Waals surface area contributed by atoms with Gasteiger partial charge in [0.05, 0.1) is 29.5 Å². The number of ether oxygens (including phenoxy) is 1. The van der Waals surface area contributed by atoms with Crippen LogP contribution in [0.15, 0.2) is 0 Å². The topological polar surface area (TPSA) is 75.7 Å². The quantitative estimate of drug-likeness (QED) is 0.562. The van der Waals surface area contributed by atoms with Gasteiger partial charge in [0.15, 0.2) is 5.78 Å². The summed E-state index contributed by atoms with van der Waals surface area (Å²) in [6, 6.07) is 0. The van der Waals surface area contributed by atoms with Gasteiger partial charge in [0.2, 0.25) is 5.91 Å². The lowest BCUT2D eigenvalue weighted by molar-refractivity contribution is -0.186. The van der Waals surface area contributed by atoms with Gasteiger partial charge in [-0.15, -0.1) is 11.3 Å². The summed E-state index contributed by atoms with van der Waals surface area (Å²) in [7, 11) is 0. The second-order valence-corrected chi connectivity index (χ2v) is 7.72. The van der Waals surface area contributed by atoms with Gasteiger partial charge in [-0.1, -0.05) is 0 Å². The Morgan fingerprint density at radius 2 is 2.00 bits per heavy atom. The number of ketones is 1. The van der Waals surface area contributed by atoms with Crippen molar-refractivity contribution in [3.63, 3.8) is 0 Å². The first kappa shape index (κ1) is 22.4. The van der Waals surface area contributed by atoms with E-state index in [1.54, 1.807) is 13.8 Å². The molecule has 0 radical (unpaired) electrons. The number of amides is 1. The number of anilines is 1. The van der Waals surface area contributed by atoms with Gasteiger partial charge in [-0.3, -0.25) is 14.5 Å². The second-order valence-electron chi connectivity index (χ2n) is 6.70. The Labute approximate surface area is 165 Å². The van der Waals surface area contributed by atoms with Crippen molar-refractivity contribution in [1.82, 2.24) is 4.90 Å². The molecule has 28 heavy (non-hydrogen) atoms. The molecule has 1 saturated heterocycles. The van der Waals surface area contributed by atoms with Crippen LogP contribution in [0.1, 0.15) is 52.3 Å². The maximum absolute atomic E-state index is 12.9. The molecule has 1 atom stereocenters. The van der Waals surface area contributed by atoms with Gasteiger partial charge in [-0.2, -0.15) is 13.2 Å². The first-order valence-corrected chi connectivity index (χ1v) is 9.76. The highest BCUT2D eigenvalue weighted by Crippen LogP contribution is 2.35. The number of carbonyl (C=O) groups is 3. The van der Waals surface area contributed by atoms with E-state index in [-0.39, 0.29) is 42.5 Å². The van der Waals surface area contributed by atoms with Gasteiger partial charge in [0.25, 0.3) is 0 Å². The normalized spacial score (nSPS) is 18.0. The number of likely N-dealkylation sites (tertiary alicyclic amines) is 1. The average molecular weight is 420 g/mol. The maximum Gasteiger partial charge on any atom is 0.393 e. The lowest BCUT2D eigenvalue weighted by Crippen LogP contribution is -2.44. The average Bonchev–Trinajstić information content (AvgIpc) is 2.90. The first-order chi connectivity index (χ1) is 13.0. The van der Waals surface area contributed by atoms with Crippen LogP contribution in [-0.2, 0) is 9.53 Å². The number of piperidine rings is 1. The van der Waals surface area contributed by atoms with Gasteiger partial charge in [0.1, 0.15) is 5.00 Å². The predicted octanol–water partition coefficient (Wildman–Crippen LogP) is 3.65. The van der Waals surface area contributed by atoms with Crippen LogP contribution in [0.2, 0.25) is 0 Å². The Balaban J connectivity index is 2.14. The standard InChI is InChI=1S/C18H23F3N2O4S/c1-4-27-17(26)14-10(2)15(11(3)24)28-16(14)22-13(25)9-23-7-5-6-12(8-23)18(19,20)21/h12H,4-9H2,1-3H3,(H,22,25). The summed E-state index contributed by atoms with van der Waals surface area (Å²) in [5, 5.41) is 2.75. The number of alkyl halides is 3. The minimum atomic E-state index is -4.28. The zero-order chi connectivity index (χ0) is 21.1. The molecule has 2 heterocycles. The fraction of sp³-hybridized carbons (Fsp3) is 0.611.